The first kappa shape index (κ1) is 20.7. The topological polar surface area (TPSA) is 63.2 Å². The minimum absolute atomic E-state index is 0.0226. The average Bonchev–Trinajstić information content (AvgIpc) is 3.09. The number of hydrogen-bond donors (Lipinski definition) is 2. The van der Waals surface area contributed by atoms with Crippen molar-refractivity contribution in [3.63, 3.8) is 0 Å². The van der Waals surface area contributed by atoms with Gasteiger partial charge in [-0.3, -0.25) is 4.79 Å². The molecule has 29 heavy (non-hydrogen) atoms. The van der Waals surface area contributed by atoms with E-state index in [-0.39, 0.29) is 12.2 Å². The number of rotatable bonds is 5. The summed E-state index contributed by atoms with van der Waals surface area (Å²) in [6, 6.07) is 10.6. The molecule has 0 saturated heterocycles. The molecular formula is C18H18ClF3N6O. The smallest absolute Gasteiger partial charge is 0.365 e. The van der Waals surface area contributed by atoms with Crippen molar-refractivity contribution < 1.29 is 18.0 Å². The molecule has 154 valence electrons. The van der Waals surface area contributed by atoms with Gasteiger partial charge in [0.2, 0.25) is 5.91 Å². The second kappa shape index (κ2) is 8.18. The first-order valence-corrected chi connectivity index (χ1v) is 8.82. The van der Waals surface area contributed by atoms with E-state index < -0.39 is 22.7 Å². The fraction of sp³-hybridized carbons (Fsp3) is 0.222. The van der Waals surface area contributed by atoms with Gasteiger partial charge in [0, 0.05) is 25.5 Å². The van der Waals surface area contributed by atoms with Crippen LogP contribution in [0, 0.1) is 0 Å². The Bertz CT molecular complexity index is 936. The highest BCUT2D eigenvalue weighted by molar-refractivity contribution is 6.31. The van der Waals surface area contributed by atoms with Crippen molar-refractivity contribution in [1.82, 2.24) is 10.7 Å². The molecule has 0 bridgehead atoms. The Labute approximate surface area is 170 Å². The van der Waals surface area contributed by atoms with E-state index in [9.17, 15) is 18.0 Å². The van der Waals surface area contributed by atoms with Gasteiger partial charge in [-0.15, -0.1) is 10.6 Å². The van der Waals surface area contributed by atoms with Crippen molar-refractivity contribution in [2.45, 2.75) is 6.18 Å². The molecule has 0 aliphatic carbocycles. The first-order valence-electron chi connectivity index (χ1n) is 8.44. The number of amides is 1. The highest BCUT2D eigenvalue weighted by Crippen LogP contribution is 2.36. The number of nitrogens with one attached hydrogen (secondary N) is 2. The predicted octanol–water partition coefficient (Wildman–Crippen LogP) is 3.55. The third kappa shape index (κ3) is 5.09. The molecule has 1 aliphatic rings. The number of nitrogens with zero attached hydrogens (tertiary/aromatic N) is 4. The van der Waals surface area contributed by atoms with E-state index in [2.05, 4.69) is 16.0 Å². The van der Waals surface area contributed by atoms with Crippen molar-refractivity contribution in [1.29, 1.82) is 0 Å². The molecule has 0 aromatic heterocycles. The highest BCUT2D eigenvalue weighted by atomic mass is 35.5. The van der Waals surface area contributed by atoms with E-state index in [1.807, 2.05) is 24.3 Å². The molecule has 1 heterocycles. The van der Waals surface area contributed by atoms with Gasteiger partial charge in [0.15, 0.2) is 0 Å². The Kier molecular flexibility index (Phi) is 5.85. The summed E-state index contributed by atoms with van der Waals surface area (Å²) in [5.74, 6) is -0.464. The van der Waals surface area contributed by atoms with E-state index >= 15 is 0 Å². The highest BCUT2D eigenvalue weighted by Gasteiger charge is 2.33. The maximum atomic E-state index is 13.0. The Morgan fingerprint density at radius 1 is 1.28 bits per heavy atom. The SMILES string of the molecule is CN1N=CN(c2cccc(N(C)CC(=O)Nc3ccc(Cl)c(C(F)(F)F)c3)c2)N1. The quantitative estimate of drug-likeness (QED) is 0.765. The number of halogens is 4. The molecule has 0 atom stereocenters. The number of alkyl halides is 3. The monoisotopic (exact) mass is 426 g/mol. The largest absolute Gasteiger partial charge is 0.417 e. The van der Waals surface area contributed by atoms with Crippen LogP contribution in [0.3, 0.4) is 0 Å². The standard InChI is InChI=1S/C18H18ClF3N6O/c1-26(13-4-3-5-14(9-13)28-11-23-27(2)25-28)10-17(29)24-12-6-7-16(19)15(8-12)18(20,21)22/h3-9,11,25H,10H2,1-2H3,(H,24,29). The summed E-state index contributed by atoms with van der Waals surface area (Å²) in [7, 11) is 3.46. The van der Waals surface area contributed by atoms with Gasteiger partial charge in [-0.25, -0.2) is 10.1 Å². The second-order valence-corrected chi connectivity index (χ2v) is 6.75. The van der Waals surface area contributed by atoms with Crippen LogP contribution in [0.25, 0.3) is 0 Å². The Morgan fingerprint density at radius 3 is 2.69 bits per heavy atom. The first-order chi connectivity index (χ1) is 13.6. The number of anilines is 3. The summed E-state index contributed by atoms with van der Waals surface area (Å²) in [5, 5.41) is 9.33. The van der Waals surface area contributed by atoms with Crippen LogP contribution >= 0.6 is 11.6 Å². The average molecular weight is 427 g/mol. The molecule has 1 aliphatic heterocycles. The maximum Gasteiger partial charge on any atom is 0.417 e. The van der Waals surface area contributed by atoms with Gasteiger partial charge >= 0.3 is 6.18 Å². The van der Waals surface area contributed by atoms with Crippen LogP contribution < -0.4 is 20.8 Å². The van der Waals surface area contributed by atoms with Gasteiger partial charge in [-0.1, -0.05) is 17.7 Å². The van der Waals surface area contributed by atoms with Gasteiger partial charge in [0.25, 0.3) is 0 Å². The van der Waals surface area contributed by atoms with Gasteiger partial charge in [-0.2, -0.15) is 13.2 Å². The molecule has 11 heteroatoms. The van der Waals surface area contributed by atoms with Crippen LogP contribution in [0.4, 0.5) is 30.2 Å². The van der Waals surface area contributed by atoms with Crippen molar-refractivity contribution in [2.24, 2.45) is 5.10 Å². The Balaban J connectivity index is 1.66. The zero-order valence-corrected chi connectivity index (χ0v) is 16.3. The van der Waals surface area contributed by atoms with Crippen LogP contribution in [-0.4, -0.2) is 38.0 Å². The van der Waals surface area contributed by atoms with E-state index in [0.29, 0.717) is 0 Å². The third-order valence-corrected chi connectivity index (χ3v) is 4.41. The summed E-state index contributed by atoms with van der Waals surface area (Å²) >= 11 is 5.60. The van der Waals surface area contributed by atoms with Crippen molar-refractivity contribution in [2.75, 3.05) is 35.9 Å². The Morgan fingerprint density at radius 2 is 2.03 bits per heavy atom. The lowest BCUT2D eigenvalue weighted by atomic mass is 10.2. The maximum absolute atomic E-state index is 13.0. The number of hydrazone groups is 1. The van der Waals surface area contributed by atoms with Gasteiger partial charge in [0.05, 0.1) is 22.8 Å². The van der Waals surface area contributed by atoms with Crippen LogP contribution in [0.1, 0.15) is 5.56 Å². The van der Waals surface area contributed by atoms with Crippen LogP contribution in [0.15, 0.2) is 47.6 Å². The number of benzene rings is 2. The minimum atomic E-state index is -4.60. The van der Waals surface area contributed by atoms with Crippen molar-refractivity contribution in [3.8, 4) is 0 Å². The molecular weight excluding hydrogens is 409 g/mol. The molecule has 0 fully saturated rings. The van der Waals surface area contributed by atoms with E-state index in [0.717, 1.165) is 23.5 Å². The van der Waals surface area contributed by atoms with E-state index in [1.54, 1.807) is 30.3 Å². The zero-order chi connectivity index (χ0) is 21.2. The molecule has 0 spiro atoms. The number of hydrogen-bond acceptors (Lipinski definition) is 6. The lowest BCUT2D eigenvalue weighted by molar-refractivity contribution is -0.137. The second-order valence-electron chi connectivity index (χ2n) is 6.34. The molecule has 1 amide bonds. The van der Waals surface area contributed by atoms with E-state index in [1.165, 1.54) is 11.2 Å². The third-order valence-electron chi connectivity index (χ3n) is 4.08. The molecule has 2 aromatic carbocycles. The van der Waals surface area contributed by atoms with E-state index in [4.69, 9.17) is 11.6 Å². The number of carbonyl (C=O) groups excluding carboxylic acids is 1. The summed E-state index contributed by atoms with van der Waals surface area (Å²) < 4.78 is 38.9. The number of hydrazine groups is 2. The number of carbonyl (C=O) groups is 1. The molecule has 2 aromatic rings. The summed E-state index contributed by atoms with van der Waals surface area (Å²) in [4.78, 5) is 14.0. The normalized spacial score (nSPS) is 13.7. The van der Waals surface area contributed by atoms with Crippen LogP contribution in [0.5, 0.6) is 0 Å². The Hall–Kier alpha value is -2.98. The molecule has 7 nitrogen and oxygen atoms in total. The fourth-order valence-electron chi connectivity index (χ4n) is 2.67. The van der Waals surface area contributed by atoms with Gasteiger partial charge in [-0.05, 0) is 36.4 Å². The molecule has 2 N–H and O–H groups in total. The summed E-state index contributed by atoms with van der Waals surface area (Å²) in [6.07, 6.45) is -3.00. The molecule has 3 rings (SSSR count). The van der Waals surface area contributed by atoms with Crippen molar-refractivity contribution in [3.05, 3.63) is 53.1 Å². The van der Waals surface area contributed by atoms with Gasteiger partial charge in [0.1, 0.15) is 6.34 Å². The fourth-order valence-corrected chi connectivity index (χ4v) is 2.89. The van der Waals surface area contributed by atoms with Crippen molar-refractivity contribution >= 4 is 40.9 Å². The van der Waals surface area contributed by atoms with Crippen LogP contribution in [-0.2, 0) is 11.0 Å². The lowest BCUT2D eigenvalue weighted by Crippen LogP contribution is -2.38. The lowest BCUT2D eigenvalue weighted by Gasteiger charge is -2.22. The summed E-state index contributed by atoms with van der Waals surface area (Å²) in [6.45, 7) is -0.0607. The molecule has 0 radical (unpaired) electrons. The van der Waals surface area contributed by atoms with Gasteiger partial charge < -0.3 is 10.2 Å². The van der Waals surface area contributed by atoms with Crippen LogP contribution in [0.2, 0.25) is 5.02 Å². The number of likely N-dealkylation sites (N-methyl/N-ethyl adjacent to an activating group) is 1. The zero-order valence-electron chi connectivity index (χ0n) is 15.5. The predicted molar refractivity (Wildman–Crippen MR) is 107 cm³/mol. The summed E-state index contributed by atoms with van der Waals surface area (Å²) in [5.41, 5.74) is 3.55. The molecule has 0 unspecified atom stereocenters. The molecule has 0 saturated carbocycles. The minimum Gasteiger partial charge on any atom is -0.365 e.